The van der Waals surface area contributed by atoms with E-state index in [4.69, 9.17) is 4.74 Å². The van der Waals surface area contributed by atoms with Crippen LogP contribution in [0.25, 0.3) is 0 Å². The fourth-order valence-electron chi connectivity index (χ4n) is 1.60. The summed E-state index contributed by atoms with van der Waals surface area (Å²) in [5.41, 5.74) is -0.181. The maximum Gasteiger partial charge on any atom is 0.346 e. The zero-order valence-electron chi connectivity index (χ0n) is 11.1. The predicted octanol–water partition coefficient (Wildman–Crippen LogP) is 2.59. The molecule has 0 aliphatic heterocycles. The number of rotatable bonds is 7. The number of anilines is 1. The lowest BCUT2D eigenvalue weighted by molar-refractivity contribution is -0.384. The minimum atomic E-state index is -0.767. The summed E-state index contributed by atoms with van der Waals surface area (Å²) in [5.74, 6) is -0.767. The first-order valence-corrected chi connectivity index (χ1v) is 6.69. The molecule has 0 unspecified atom stereocenters. The highest BCUT2D eigenvalue weighted by Crippen LogP contribution is 2.34. The predicted molar refractivity (Wildman–Crippen MR) is 77.1 cm³/mol. The first kappa shape index (κ1) is 16.4. The largest absolute Gasteiger partial charge is 0.465 e. The molecule has 0 heterocycles. The molecule has 0 radical (unpaired) electrons. The van der Waals surface area contributed by atoms with Crippen LogP contribution in [0.5, 0.6) is 0 Å². The van der Waals surface area contributed by atoms with E-state index in [0.29, 0.717) is 24.2 Å². The standard InChI is InChI=1S/C12H15BrN2O5/c1-3-20-7-6-14-9-5-4-8(13)10(12(16)19-2)11(9)15(17)18/h4-5,14H,3,6-7H2,1-2H3. The van der Waals surface area contributed by atoms with E-state index in [9.17, 15) is 14.9 Å². The topological polar surface area (TPSA) is 90.7 Å². The average Bonchev–Trinajstić information content (AvgIpc) is 2.43. The molecule has 1 rings (SSSR count). The van der Waals surface area contributed by atoms with E-state index in [-0.39, 0.29) is 16.9 Å². The highest BCUT2D eigenvalue weighted by Gasteiger charge is 2.28. The van der Waals surface area contributed by atoms with Crippen molar-refractivity contribution in [3.8, 4) is 0 Å². The first-order chi connectivity index (χ1) is 9.52. The highest BCUT2D eigenvalue weighted by molar-refractivity contribution is 9.10. The van der Waals surface area contributed by atoms with Crippen molar-refractivity contribution >= 4 is 33.3 Å². The summed E-state index contributed by atoms with van der Waals surface area (Å²) in [6.45, 7) is 3.24. The quantitative estimate of drug-likeness (QED) is 0.353. The molecule has 0 aliphatic carbocycles. The van der Waals surface area contributed by atoms with Crippen LogP contribution < -0.4 is 5.32 Å². The lowest BCUT2D eigenvalue weighted by Crippen LogP contribution is -2.13. The Labute approximate surface area is 124 Å². The van der Waals surface area contributed by atoms with Gasteiger partial charge < -0.3 is 14.8 Å². The zero-order chi connectivity index (χ0) is 15.1. The third kappa shape index (κ3) is 3.91. The van der Waals surface area contributed by atoms with Gasteiger partial charge in [-0.1, -0.05) is 0 Å². The van der Waals surface area contributed by atoms with Crippen molar-refractivity contribution in [2.75, 3.05) is 32.2 Å². The van der Waals surface area contributed by atoms with Crippen molar-refractivity contribution in [2.45, 2.75) is 6.92 Å². The van der Waals surface area contributed by atoms with E-state index in [1.807, 2.05) is 6.92 Å². The molecule has 20 heavy (non-hydrogen) atoms. The average molecular weight is 347 g/mol. The van der Waals surface area contributed by atoms with Gasteiger partial charge in [0.05, 0.1) is 18.6 Å². The second kappa shape index (κ2) is 7.81. The number of carbonyl (C=O) groups excluding carboxylic acids is 1. The Morgan fingerprint density at radius 1 is 1.50 bits per heavy atom. The number of carbonyl (C=O) groups is 1. The second-order valence-corrected chi connectivity index (χ2v) is 4.55. The number of esters is 1. The van der Waals surface area contributed by atoms with E-state index >= 15 is 0 Å². The van der Waals surface area contributed by atoms with Gasteiger partial charge in [-0.15, -0.1) is 0 Å². The summed E-state index contributed by atoms with van der Waals surface area (Å²) in [7, 11) is 1.17. The molecule has 0 aromatic heterocycles. The van der Waals surface area contributed by atoms with Gasteiger partial charge in [-0.25, -0.2) is 4.79 Å². The zero-order valence-corrected chi connectivity index (χ0v) is 12.7. The van der Waals surface area contributed by atoms with Crippen LogP contribution in [-0.4, -0.2) is 37.8 Å². The number of ether oxygens (including phenoxy) is 2. The van der Waals surface area contributed by atoms with Crippen molar-refractivity contribution < 1.29 is 19.2 Å². The normalized spacial score (nSPS) is 10.2. The van der Waals surface area contributed by atoms with Crippen LogP contribution in [-0.2, 0) is 9.47 Å². The second-order valence-electron chi connectivity index (χ2n) is 3.69. The van der Waals surface area contributed by atoms with E-state index in [2.05, 4.69) is 26.0 Å². The molecule has 0 aliphatic rings. The third-order valence-corrected chi connectivity index (χ3v) is 3.13. The maximum absolute atomic E-state index is 11.7. The molecule has 0 spiro atoms. The fourth-order valence-corrected chi connectivity index (χ4v) is 2.08. The summed E-state index contributed by atoms with van der Waals surface area (Å²) in [4.78, 5) is 22.3. The van der Waals surface area contributed by atoms with Gasteiger partial charge >= 0.3 is 11.7 Å². The number of benzene rings is 1. The number of nitro groups is 1. The third-order valence-electron chi connectivity index (χ3n) is 2.47. The summed E-state index contributed by atoms with van der Waals surface area (Å²) in [6.07, 6.45) is 0. The molecule has 1 aromatic carbocycles. The van der Waals surface area contributed by atoms with Gasteiger partial charge in [-0.2, -0.15) is 0 Å². The van der Waals surface area contributed by atoms with E-state index in [0.717, 1.165) is 0 Å². The molecular formula is C12H15BrN2O5. The molecule has 0 saturated heterocycles. The van der Waals surface area contributed by atoms with Crippen molar-refractivity contribution in [1.82, 2.24) is 0 Å². The van der Waals surface area contributed by atoms with Gasteiger partial charge in [0.15, 0.2) is 5.56 Å². The monoisotopic (exact) mass is 346 g/mol. The lowest BCUT2D eigenvalue weighted by Gasteiger charge is -2.10. The number of nitrogens with zero attached hydrogens (tertiary/aromatic N) is 1. The van der Waals surface area contributed by atoms with Crippen LogP contribution in [0, 0.1) is 10.1 Å². The molecule has 0 amide bonds. The number of nitro benzene ring substituents is 1. The number of hydrogen-bond acceptors (Lipinski definition) is 6. The smallest absolute Gasteiger partial charge is 0.346 e. The van der Waals surface area contributed by atoms with Gasteiger partial charge in [0.25, 0.3) is 0 Å². The van der Waals surface area contributed by atoms with Crippen molar-refractivity contribution in [3.05, 3.63) is 32.3 Å². The number of halogens is 1. The lowest BCUT2D eigenvalue weighted by atomic mass is 10.1. The van der Waals surface area contributed by atoms with Crippen molar-refractivity contribution in [2.24, 2.45) is 0 Å². The Bertz CT molecular complexity index is 507. The molecule has 0 atom stereocenters. The SMILES string of the molecule is CCOCCNc1ccc(Br)c(C(=O)OC)c1[N+](=O)[O-]. The van der Waals surface area contributed by atoms with Crippen LogP contribution in [0.1, 0.15) is 17.3 Å². The van der Waals surface area contributed by atoms with Gasteiger partial charge in [-0.05, 0) is 35.0 Å². The fraction of sp³-hybridized carbons (Fsp3) is 0.417. The number of hydrogen-bond donors (Lipinski definition) is 1. The Hall–Kier alpha value is -1.67. The molecule has 0 saturated carbocycles. The van der Waals surface area contributed by atoms with Crippen LogP contribution in [0.4, 0.5) is 11.4 Å². The molecule has 110 valence electrons. The summed E-state index contributed by atoms with van der Waals surface area (Å²) in [5, 5.41) is 14.1. The van der Waals surface area contributed by atoms with Crippen LogP contribution in [0.15, 0.2) is 16.6 Å². The van der Waals surface area contributed by atoms with Gasteiger partial charge in [0.2, 0.25) is 0 Å². The van der Waals surface area contributed by atoms with Crippen LogP contribution in [0.2, 0.25) is 0 Å². The molecule has 1 aromatic rings. The molecule has 7 nitrogen and oxygen atoms in total. The molecule has 0 fully saturated rings. The Kier molecular flexibility index (Phi) is 6.40. The summed E-state index contributed by atoms with van der Waals surface area (Å²) in [6, 6.07) is 3.09. The van der Waals surface area contributed by atoms with Crippen LogP contribution >= 0.6 is 15.9 Å². The molecular weight excluding hydrogens is 332 g/mol. The minimum Gasteiger partial charge on any atom is -0.465 e. The van der Waals surface area contributed by atoms with Crippen LogP contribution in [0.3, 0.4) is 0 Å². The summed E-state index contributed by atoms with van der Waals surface area (Å²) >= 11 is 3.13. The van der Waals surface area contributed by atoms with E-state index in [1.54, 1.807) is 6.07 Å². The van der Waals surface area contributed by atoms with Crippen molar-refractivity contribution in [3.63, 3.8) is 0 Å². The Morgan fingerprint density at radius 3 is 2.75 bits per heavy atom. The Morgan fingerprint density at radius 2 is 2.20 bits per heavy atom. The molecule has 1 N–H and O–H groups in total. The Balaban J connectivity index is 3.11. The maximum atomic E-state index is 11.7. The molecule has 0 bridgehead atoms. The van der Waals surface area contributed by atoms with E-state index < -0.39 is 10.9 Å². The van der Waals surface area contributed by atoms with Gasteiger partial charge in [0.1, 0.15) is 5.69 Å². The number of nitrogens with one attached hydrogen (secondary N) is 1. The van der Waals surface area contributed by atoms with Crippen molar-refractivity contribution in [1.29, 1.82) is 0 Å². The number of methoxy groups -OCH3 is 1. The van der Waals surface area contributed by atoms with Gasteiger partial charge in [0, 0.05) is 17.6 Å². The first-order valence-electron chi connectivity index (χ1n) is 5.89. The van der Waals surface area contributed by atoms with Gasteiger partial charge in [-0.3, -0.25) is 10.1 Å². The highest BCUT2D eigenvalue weighted by atomic mass is 79.9. The summed E-state index contributed by atoms with van der Waals surface area (Å²) < 4.78 is 10.0. The minimum absolute atomic E-state index is 0.112. The van der Waals surface area contributed by atoms with E-state index in [1.165, 1.54) is 13.2 Å². The molecule has 8 heteroatoms.